The summed E-state index contributed by atoms with van der Waals surface area (Å²) >= 11 is 0. The molecule has 2 N–H and O–H groups in total. The first-order valence-electron chi connectivity index (χ1n) is 11.4. The summed E-state index contributed by atoms with van der Waals surface area (Å²) in [4.78, 5) is 12.8. The SMILES string of the molecule is O=C(NC1C2CC3CC1CC(O)(C3)C2)c1ccc(OCCC2CCOCC2)cc1. The van der Waals surface area contributed by atoms with Crippen LogP contribution in [0.1, 0.15) is 61.7 Å². The van der Waals surface area contributed by atoms with Crippen molar-refractivity contribution >= 4 is 5.91 Å². The molecule has 5 fully saturated rings. The Balaban J connectivity index is 1.13. The maximum atomic E-state index is 12.8. The van der Waals surface area contributed by atoms with Gasteiger partial charge in [-0.15, -0.1) is 0 Å². The molecule has 1 aliphatic heterocycles. The Hall–Kier alpha value is -1.59. The van der Waals surface area contributed by atoms with Gasteiger partial charge in [-0.3, -0.25) is 4.79 Å². The average molecular weight is 400 g/mol. The van der Waals surface area contributed by atoms with Crippen molar-refractivity contribution in [1.82, 2.24) is 5.32 Å². The molecule has 1 aromatic rings. The second kappa shape index (κ2) is 7.92. The minimum absolute atomic E-state index is 0.00298. The summed E-state index contributed by atoms with van der Waals surface area (Å²) in [5, 5.41) is 14.0. The first-order valence-corrected chi connectivity index (χ1v) is 11.4. The quantitative estimate of drug-likeness (QED) is 0.768. The Morgan fingerprint density at radius 1 is 1.10 bits per heavy atom. The lowest BCUT2D eigenvalue weighted by Crippen LogP contribution is -2.61. The highest BCUT2D eigenvalue weighted by atomic mass is 16.5. The fraction of sp³-hybridized carbons (Fsp3) is 0.708. The number of hydrogen-bond acceptors (Lipinski definition) is 4. The number of benzene rings is 1. The highest BCUT2D eigenvalue weighted by molar-refractivity contribution is 5.94. The minimum Gasteiger partial charge on any atom is -0.494 e. The summed E-state index contributed by atoms with van der Waals surface area (Å²) in [6.45, 7) is 2.46. The van der Waals surface area contributed by atoms with Crippen LogP contribution in [0.5, 0.6) is 5.75 Å². The molecule has 4 saturated carbocycles. The lowest BCUT2D eigenvalue weighted by atomic mass is 9.52. The molecular formula is C24H33NO4. The first kappa shape index (κ1) is 19.4. The Kier molecular flexibility index (Phi) is 5.29. The van der Waals surface area contributed by atoms with E-state index in [1.54, 1.807) is 0 Å². The number of nitrogens with one attached hydrogen (secondary N) is 1. The zero-order valence-electron chi connectivity index (χ0n) is 17.1. The number of ether oxygens (including phenoxy) is 2. The molecule has 4 bridgehead atoms. The van der Waals surface area contributed by atoms with Crippen LogP contribution in [0.2, 0.25) is 0 Å². The van der Waals surface area contributed by atoms with Gasteiger partial charge in [0.2, 0.25) is 0 Å². The normalized spacial score (nSPS) is 36.2. The van der Waals surface area contributed by atoms with Crippen LogP contribution >= 0.6 is 0 Å². The van der Waals surface area contributed by atoms with Gasteiger partial charge in [-0.25, -0.2) is 0 Å². The summed E-state index contributed by atoms with van der Waals surface area (Å²) in [7, 11) is 0. The van der Waals surface area contributed by atoms with E-state index in [0.717, 1.165) is 70.3 Å². The van der Waals surface area contributed by atoms with Gasteiger partial charge in [-0.1, -0.05) is 0 Å². The maximum Gasteiger partial charge on any atom is 0.251 e. The zero-order chi connectivity index (χ0) is 19.8. The number of carbonyl (C=O) groups excluding carboxylic acids is 1. The summed E-state index contributed by atoms with van der Waals surface area (Å²) in [6.07, 6.45) is 8.30. The molecule has 29 heavy (non-hydrogen) atoms. The summed E-state index contributed by atoms with van der Waals surface area (Å²) < 4.78 is 11.3. The predicted molar refractivity (Wildman–Crippen MR) is 110 cm³/mol. The molecule has 1 aromatic carbocycles. The van der Waals surface area contributed by atoms with E-state index in [9.17, 15) is 9.90 Å². The molecule has 5 aliphatic rings. The van der Waals surface area contributed by atoms with Gasteiger partial charge in [0.05, 0.1) is 12.2 Å². The molecule has 1 saturated heterocycles. The molecular weight excluding hydrogens is 366 g/mol. The number of amides is 1. The smallest absolute Gasteiger partial charge is 0.251 e. The van der Waals surface area contributed by atoms with Crippen LogP contribution in [0, 0.1) is 23.7 Å². The highest BCUT2D eigenvalue weighted by Crippen LogP contribution is 2.55. The summed E-state index contributed by atoms with van der Waals surface area (Å²) in [6, 6.07) is 7.75. The molecule has 158 valence electrons. The predicted octanol–water partition coefficient (Wildman–Crippen LogP) is 3.55. The third kappa shape index (κ3) is 4.17. The van der Waals surface area contributed by atoms with Gasteiger partial charge in [0.1, 0.15) is 5.75 Å². The van der Waals surface area contributed by atoms with Crippen molar-refractivity contribution < 1.29 is 19.4 Å². The number of carbonyl (C=O) groups is 1. The first-order chi connectivity index (χ1) is 14.1. The monoisotopic (exact) mass is 399 g/mol. The van der Waals surface area contributed by atoms with E-state index in [1.165, 1.54) is 0 Å². The van der Waals surface area contributed by atoms with Crippen molar-refractivity contribution in [1.29, 1.82) is 0 Å². The van der Waals surface area contributed by atoms with Crippen molar-refractivity contribution in [3.05, 3.63) is 29.8 Å². The van der Waals surface area contributed by atoms with E-state index >= 15 is 0 Å². The Labute approximate surface area is 173 Å². The zero-order valence-corrected chi connectivity index (χ0v) is 17.1. The minimum atomic E-state index is -0.457. The van der Waals surface area contributed by atoms with Crippen molar-refractivity contribution in [2.45, 2.75) is 63.0 Å². The Morgan fingerprint density at radius 2 is 1.79 bits per heavy atom. The standard InChI is InChI=1S/C24H33NO4/c26-23(25-22-19-11-17-12-20(22)15-24(27,13-17)14-19)18-1-3-21(4-2-18)29-10-7-16-5-8-28-9-6-16/h1-4,16-17,19-20,22,27H,5-15H2,(H,25,26). The Morgan fingerprint density at radius 3 is 2.45 bits per heavy atom. The molecule has 1 heterocycles. The lowest BCUT2D eigenvalue weighted by molar-refractivity contribution is -0.136. The third-order valence-corrected chi connectivity index (χ3v) is 7.79. The van der Waals surface area contributed by atoms with Crippen LogP contribution in [0.4, 0.5) is 0 Å². The molecule has 5 heteroatoms. The van der Waals surface area contributed by atoms with Gasteiger partial charge in [0, 0.05) is 24.8 Å². The van der Waals surface area contributed by atoms with Gasteiger partial charge in [0.25, 0.3) is 5.91 Å². The fourth-order valence-corrected chi connectivity index (χ4v) is 6.53. The molecule has 6 rings (SSSR count). The Bertz CT molecular complexity index is 711. The topological polar surface area (TPSA) is 67.8 Å². The van der Waals surface area contributed by atoms with Crippen LogP contribution in [0.15, 0.2) is 24.3 Å². The van der Waals surface area contributed by atoms with E-state index in [4.69, 9.17) is 9.47 Å². The molecule has 0 spiro atoms. The molecule has 4 aliphatic carbocycles. The van der Waals surface area contributed by atoms with Crippen molar-refractivity contribution in [3.63, 3.8) is 0 Å². The van der Waals surface area contributed by atoms with Crippen LogP contribution in [0.25, 0.3) is 0 Å². The second-order valence-corrected chi connectivity index (χ2v) is 9.91. The van der Waals surface area contributed by atoms with E-state index < -0.39 is 5.60 Å². The van der Waals surface area contributed by atoms with E-state index in [-0.39, 0.29) is 11.9 Å². The largest absolute Gasteiger partial charge is 0.494 e. The van der Waals surface area contributed by atoms with Gasteiger partial charge in [0.15, 0.2) is 0 Å². The van der Waals surface area contributed by atoms with Crippen LogP contribution in [-0.2, 0) is 4.74 Å². The van der Waals surface area contributed by atoms with Crippen LogP contribution in [0.3, 0.4) is 0 Å². The van der Waals surface area contributed by atoms with Gasteiger partial charge in [-0.2, -0.15) is 0 Å². The number of hydrogen-bond donors (Lipinski definition) is 2. The fourth-order valence-electron chi connectivity index (χ4n) is 6.53. The lowest BCUT2D eigenvalue weighted by Gasteiger charge is -2.58. The van der Waals surface area contributed by atoms with Gasteiger partial charge in [-0.05, 0) is 99.3 Å². The van der Waals surface area contributed by atoms with Crippen LogP contribution < -0.4 is 10.1 Å². The van der Waals surface area contributed by atoms with Crippen molar-refractivity contribution in [3.8, 4) is 5.75 Å². The van der Waals surface area contributed by atoms with Gasteiger partial charge < -0.3 is 19.9 Å². The molecule has 5 nitrogen and oxygen atoms in total. The van der Waals surface area contributed by atoms with E-state index in [1.807, 2.05) is 24.3 Å². The highest BCUT2D eigenvalue weighted by Gasteiger charge is 2.55. The molecule has 0 radical (unpaired) electrons. The second-order valence-electron chi connectivity index (χ2n) is 9.91. The molecule has 0 aromatic heterocycles. The maximum absolute atomic E-state index is 12.8. The van der Waals surface area contributed by atoms with E-state index in [0.29, 0.717) is 35.8 Å². The van der Waals surface area contributed by atoms with E-state index in [2.05, 4.69) is 5.32 Å². The number of rotatable bonds is 6. The third-order valence-electron chi connectivity index (χ3n) is 7.79. The summed E-state index contributed by atoms with van der Waals surface area (Å²) in [5.74, 6) is 3.05. The molecule has 2 atom stereocenters. The van der Waals surface area contributed by atoms with Crippen LogP contribution in [-0.4, -0.2) is 42.5 Å². The average Bonchev–Trinajstić information content (AvgIpc) is 2.71. The molecule has 2 unspecified atom stereocenters. The molecule has 1 amide bonds. The summed E-state index contributed by atoms with van der Waals surface area (Å²) in [5.41, 5.74) is 0.232. The van der Waals surface area contributed by atoms with Crippen molar-refractivity contribution in [2.24, 2.45) is 23.7 Å². The van der Waals surface area contributed by atoms with Crippen molar-refractivity contribution in [2.75, 3.05) is 19.8 Å². The van der Waals surface area contributed by atoms with Gasteiger partial charge >= 0.3 is 0 Å². The number of aliphatic hydroxyl groups is 1.